The van der Waals surface area contributed by atoms with Crippen LogP contribution < -0.4 is 11.2 Å². The van der Waals surface area contributed by atoms with Crippen LogP contribution in [0.25, 0.3) is 0 Å². The zero-order chi connectivity index (χ0) is 23.0. The van der Waals surface area contributed by atoms with E-state index >= 15 is 0 Å². The molecule has 2 aliphatic heterocycles. The maximum atomic E-state index is 12.5. The Morgan fingerprint density at radius 2 is 1.66 bits per heavy atom. The maximum Gasteiger partial charge on any atom is 0.330 e. The summed E-state index contributed by atoms with van der Waals surface area (Å²) in [6.45, 7) is -0.474. The third-order valence-electron chi connectivity index (χ3n) is 5.98. The molecule has 0 radical (unpaired) electrons. The first-order chi connectivity index (χ1) is 15.3. The largest absolute Gasteiger partial charge is 0.394 e. The molecule has 4 N–H and O–H groups in total. The van der Waals surface area contributed by atoms with E-state index in [4.69, 9.17) is 4.74 Å². The Hall–Kier alpha value is -3.12. The van der Waals surface area contributed by atoms with E-state index in [-0.39, 0.29) is 24.8 Å². The van der Waals surface area contributed by atoms with Crippen LogP contribution in [0.2, 0.25) is 0 Å². The minimum absolute atomic E-state index is 0.0108. The molecule has 11 nitrogen and oxygen atoms in total. The smallest absolute Gasteiger partial charge is 0.330 e. The highest BCUT2D eigenvalue weighted by atomic mass is 16.6. The summed E-state index contributed by atoms with van der Waals surface area (Å²) in [6, 6.07) is 7.62. The lowest BCUT2D eigenvalue weighted by atomic mass is 9.96. The van der Waals surface area contributed by atoms with Gasteiger partial charge in [0.05, 0.1) is 17.7 Å². The van der Waals surface area contributed by atoms with Crippen LogP contribution in [0.3, 0.4) is 0 Å². The summed E-state index contributed by atoms with van der Waals surface area (Å²) in [5.74, 6) is -0.768. The molecule has 1 fully saturated rings. The van der Waals surface area contributed by atoms with Crippen LogP contribution in [0.15, 0.2) is 46.1 Å². The van der Waals surface area contributed by atoms with E-state index in [9.17, 15) is 34.5 Å². The van der Waals surface area contributed by atoms with Crippen LogP contribution in [0, 0.1) is 0 Å². The number of H-pyrrole nitrogens is 1. The van der Waals surface area contributed by atoms with E-state index in [1.54, 1.807) is 24.3 Å². The second-order valence-electron chi connectivity index (χ2n) is 7.86. The van der Waals surface area contributed by atoms with Crippen molar-refractivity contribution >= 4 is 11.8 Å². The molecule has 32 heavy (non-hydrogen) atoms. The fraction of sp³-hybridized carbons (Fsp3) is 0.429. The predicted molar refractivity (Wildman–Crippen MR) is 109 cm³/mol. The number of aliphatic hydroxyl groups is 3. The van der Waals surface area contributed by atoms with Gasteiger partial charge in [-0.05, 0) is 31.4 Å². The zero-order valence-corrected chi connectivity index (χ0v) is 17.0. The first-order valence-electron chi connectivity index (χ1n) is 10.2. The minimum Gasteiger partial charge on any atom is -0.394 e. The molecule has 3 heterocycles. The van der Waals surface area contributed by atoms with E-state index in [0.29, 0.717) is 24.0 Å². The molecule has 0 bridgehead atoms. The molecular weight excluding hydrogens is 422 g/mol. The maximum absolute atomic E-state index is 12.5. The van der Waals surface area contributed by atoms with Crippen molar-refractivity contribution in [2.24, 2.45) is 0 Å². The Morgan fingerprint density at radius 3 is 2.22 bits per heavy atom. The minimum atomic E-state index is -1.74. The van der Waals surface area contributed by atoms with Crippen LogP contribution in [-0.2, 0) is 10.5 Å². The van der Waals surface area contributed by atoms with E-state index in [1.807, 2.05) is 0 Å². The molecule has 1 aromatic heterocycles. The van der Waals surface area contributed by atoms with Gasteiger partial charge in [0.25, 0.3) is 17.4 Å². The van der Waals surface area contributed by atoms with Crippen molar-refractivity contribution < 1.29 is 29.6 Å². The number of amides is 2. The average Bonchev–Trinajstić information content (AvgIpc) is 3.17. The summed E-state index contributed by atoms with van der Waals surface area (Å²) in [6.07, 6.45) is -2.38. The van der Waals surface area contributed by atoms with Crippen LogP contribution in [0.4, 0.5) is 0 Å². The summed E-state index contributed by atoms with van der Waals surface area (Å²) < 4.78 is 6.72. The summed E-state index contributed by atoms with van der Waals surface area (Å²) in [5.41, 5.74) is -2.54. The van der Waals surface area contributed by atoms with Crippen LogP contribution >= 0.6 is 0 Å². The molecule has 2 amide bonds. The van der Waals surface area contributed by atoms with E-state index < -0.39 is 41.9 Å². The normalized spacial score (nSPS) is 27.2. The molecular formula is C21H23N3O8. The van der Waals surface area contributed by atoms with Crippen molar-refractivity contribution in [2.75, 3.05) is 13.2 Å². The molecule has 0 unspecified atom stereocenters. The van der Waals surface area contributed by atoms with Crippen molar-refractivity contribution in [3.05, 3.63) is 68.5 Å². The lowest BCUT2D eigenvalue weighted by Crippen LogP contribution is -2.51. The van der Waals surface area contributed by atoms with Gasteiger partial charge in [-0.2, -0.15) is 0 Å². The topological polar surface area (TPSA) is 162 Å². The Bertz CT molecular complexity index is 1120. The van der Waals surface area contributed by atoms with Gasteiger partial charge < -0.3 is 20.1 Å². The highest BCUT2D eigenvalue weighted by Crippen LogP contribution is 2.39. The number of aromatic amines is 1. The molecule has 1 saturated heterocycles. The highest BCUT2D eigenvalue weighted by molar-refractivity contribution is 6.21. The molecule has 4 rings (SSSR count). The quantitative estimate of drug-likeness (QED) is 0.304. The van der Waals surface area contributed by atoms with Gasteiger partial charge in [-0.15, -0.1) is 0 Å². The Kier molecular flexibility index (Phi) is 5.82. The highest BCUT2D eigenvalue weighted by Gasteiger charge is 2.55. The molecule has 2 aromatic rings. The number of unbranched alkanes of at least 4 members (excludes halogenated alkanes) is 1. The number of aromatic nitrogens is 2. The van der Waals surface area contributed by atoms with Crippen molar-refractivity contribution in [2.45, 2.75) is 43.3 Å². The van der Waals surface area contributed by atoms with Gasteiger partial charge in [0, 0.05) is 18.8 Å². The number of imide groups is 1. The lowest BCUT2D eigenvalue weighted by molar-refractivity contribution is -0.156. The van der Waals surface area contributed by atoms with Crippen molar-refractivity contribution in [1.82, 2.24) is 14.5 Å². The number of hydrogen-bond acceptors (Lipinski definition) is 8. The summed E-state index contributed by atoms with van der Waals surface area (Å²) in [4.78, 5) is 52.1. The Labute approximate surface area is 181 Å². The van der Waals surface area contributed by atoms with Crippen molar-refractivity contribution in [1.29, 1.82) is 0 Å². The number of carbonyl (C=O) groups excluding carboxylic acids is 2. The SMILES string of the molecule is O=C1c2ccccc2C(=O)N1CCCC[C@@]1(n2ccc(=O)[nH]c2=O)O[C@H](CO)[C@@H](O)[C@H]1O. The third kappa shape index (κ3) is 3.48. The lowest BCUT2D eigenvalue weighted by Gasteiger charge is -2.34. The number of carbonyl (C=O) groups is 2. The van der Waals surface area contributed by atoms with Crippen LogP contribution in [-0.4, -0.2) is 73.0 Å². The summed E-state index contributed by atoms with van der Waals surface area (Å²) in [5, 5.41) is 30.5. The third-order valence-corrected chi connectivity index (χ3v) is 5.98. The van der Waals surface area contributed by atoms with Crippen molar-refractivity contribution in [3.8, 4) is 0 Å². The van der Waals surface area contributed by atoms with Gasteiger partial charge in [0.2, 0.25) is 0 Å². The van der Waals surface area contributed by atoms with Crippen LogP contribution in [0.5, 0.6) is 0 Å². The summed E-state index contributed by atoms with van der Waals surface area (Å²) >= 11 is 0. The van der Waals surface area contributed by atoms with Gasteiger partial charge in [-0.25, -0.2) is 4.79 Å². The number of benzene rings is 1. The van der Waals surface area contributed by atoms with E-state index in [1.165, 1.54) is 0 Å². The molecule has 1 aromatic carbocycles. The number of nitrogens with zero attached hydrogens (tertiary/aromatic N) is 2. The zero-order valence-electron chi connectivity index (χ0n) is 17.0. The van der Waals surface area contributed by atoms with Gasteiger partial charge in [-0.1, -0.05) is 12.1 Å². The number of rotatable bonds is 7. The van der Waals surface area contributed by atoms with Crippen molar-refractivity contribution in [3.63, 3.8) is 0 Å². The molecule has 0 saturated carbocycles. The fourth-order valence-corrected chi connectivity index (χ4v) is 4.35. The Balaban J connectivity index is 1.51. The molecule has 170 valence electrons. The van der Waals surface area contributed by atoms with E-state index in [0.717, 1.165) is 21.7 Å². The van der Waals surface area contributed by atoms with Crippen LogP contribution in [0.1, 0.15) is 40.0 Å². The number of hydrogen-bond donors (Lipinski definition) is 4. The number of ether oxygens (including phenoxy) is 1. The first-order valence-corrected chi connectivity index (χ1v) is 10.2. The van der Waals surface area contributed by atoms with E-state index in [2.05, 4.69) is 4.98 Å². The first kappa shape index (κ1) is 22.1. The number of nitrogens with one attached hydrogen (secondary N) is 1. The van der Waals surface area contributed by atoms with Gasteiger partial charge >= 0.3 is 5.69 Å². The van der Waals surface area contributed by atoms with Gasteiger partial charge in [0.1, 0.15) is 18.3 Å². The molecule has 11 heteroatoms. The second-order valence-corrected chi connectivity index (χ2v) is 7.86. The molecule has 0 spiro atoms. The Morgan fingerprint density at radius 1 is 1.00 bits per heavy atom. The average molecular weight is 445 g/mol. The summed E-state index contributed by atoms with van der Waals surface area (Å²) in [7, 11) is 0. The number of aliphatic hydroxyl groups excluding tert-OH is 3. The molecule has 0 aliphatic carbocycles. The van der Waals surface area contributed by atoms with Gasteiger partial charge in [0.15, 0.2) is 5.72 Å². The monoisotopic (exact) mass is 445 g/mol. The molecule has 2 aliphatic rings. The fourth-order valence-electron chi connectivity index (χ4n) is 4.35. The standard InChI is InChI=1S/C21H23N3O8/c25-11-14-16(27)17(28)21(32-14,24-10-7-15(26)22-20(24)31)8-3-4-9-23-18(29)12-5-1-2-6-13(12)19(23)30/h1-2,5-7,10,14,16-17,25,27-28H,3-4,8-9,11H2,(H,22,26,31)/t14-,16-,17-,21-/m1/s1. The number of fused-ring (bicyclic) bond motifs is 1. The van der Waals surface area contributed by atoms with Gasteiger partial charge in [-0.3, -0.25) is 28.8 Å². The second kappa shape index (κ2) is 8.43. The predicted octanol–water partition coefficient (Wildman–Crippen LogP) is -1.23. The molecule has 4 atom stereocenters.